The molecule has 1 aromatic heterocycles. The molecule has 0 saturated heterocycles. The highest BCUT2D eigenvalue weighted by molar-refractivity contribution is 5.79. The second-order valence-corrected chi connectivity index (χ2v) is 6.04. The molecule has 6 heteroatoms. The molecule has 0 radical (unpaired) electrons. The van der Waals surface area contributed by atoms with Gasteiger partial charge in [-0.15, -0.1) is 0 Å². The van der Waals surface area contributed by atoms with E-state index in [0.717, 1.165) is 25.0 Å². The average molecular weight is 295 g/mol. The van der Waals surface area contributed by atoms with Gasteiger partial charge in [-0.3, -0.25) is 4.99 Å². The Bertz CT molecular complexity index is 504. The van der Waals surface area contributed by atoms with Crippen LogP contribution in [0.5, 0.6) is 0 Å². The van der Waals surface area contributed by atoms with Crippen molar-refractivity contribution in [3.8, 4) is 0 Å². The van der Waals surface area contributed by atoms with Gasteiger partial charge >= 0.3 is 0 Å². The summed E-state index contributed by atoms with van der Waals surface area (Å²) in [6, 6.07) is 3.59. The molecule has 0 aromatic carbocycles. The number of furan rings is 1. The normalized spacial score (nSPS) is 20.5. The zero-order valence-electron chi connectivity index (χ0n) is 12.9. The zero-order valence-corrected chi connectivity index (χ0v) is 12.9. The fraction of sp³-hybridized carbons (Fsp3) is 0.667. The molecular formula is C15H25N3O3. The Morgan fingerprint density at radius 3 is 2.62 bits per heavy atom. The molecule has 118 valence electrons. The van der Waals surface area contributed by atoms with E-state index in [1.807, 2.05) is 13.0 Å². The molecule has 0 amide bonds. The topological polar surface area (TPSA) is 90.0 Å². The molecule has 0 bridgehead atoms. The number of aliphatic imine (C=N–C) groups is 1. The van der Waals surface area contributed by atoms with E-state index in [-0.39, 0.29) is 6.54 Å². The van der Waals surface area contributed by atoms with Crippen LogP contribution >= 0.6 is 0 Å². The maximum atomic E-state index is 10.4. The molecule has 21 heavy (non-hydrogen) atoms. The van der Waals surface area contributed by atoms with Crippen LogP contribution in [0, 0.1) is 6.92 Å². The fourth-order valence-corrected chi connectivity index (χ4v) is 2.30. The summed E-state index contributed by atoms with van der Waals surface area (Å²) in [5.74, 6) is 1.83. The minimum atomic E-state index is -1.13. The Hall–Kier alpha value is -1.53. The third-order valence-corrected chi connectivity index (χ3v) is 3.96. The van der Waals surface area contributed by atoms with Crippen LogP contribution in [0.3, 0.4) is 0 Å². The van der Waals surface area contributed by atoms with Gasteiger partial charge in [-0.05, 0) is 45.2 Å². The molecule has 1 saturated carbocycles. The Balaban J connectivity index is 1.84. The van der Waals surface area contributed by atoms with E-state index in [4.69, 9.17) is 4.42 Å². The van der Waals surface area contributed by atoms with Crippen molar-refractivity contribution >= 4 is 5.96 Å². The SMILES string of the molecule is CN=C(NCC1(O)CCC1)NCC(C)(O)c1ccc(C)o1. The largest absolute Gasteiger partial charge is 0.463 e. The Labute approximate surface area is 125 Å². The molecule has 1 heterocycles. The van der Waals surface area contributed by atoms with Crippen LogP contribution in [0.2, 0.25) is 0 Å². The van der Waals surface area contributed by atoms with Crippen molar-refractivity contribution in [2.24, 2.45) is 4.99 Å². The second-order valence-electron chi connectivity index (χ2n) is 6.04. The van der Waals surface area contributed by atoms with Gasteiger partial charge in [0, 0.05) is 13.6 Å². The van der Waals surface area contributed by atoms with E-state index in [1.165, 1.54) is 0 Å². The highest BCUT2D eigenvalue weighted by Crippen LogP contribution is 2.30. The predicted molar refractivity (Wildman–Crippen MR) is 81.2 cm³/mol. The highest BCUT2D eigenvalue weighted by Gasteiger charge is 2.34. The molecule has 1 aliphatic carbocycles. The molecule has 0 aliphatic heterocycles. The summed E-state index contributed by atoms with van der Waals surface area (Å²) in [5, 5.41) is 26.6. The van der Waals surface area contributed by atoms with Gasteiger partial charge in [0.2, 0.25) is 0 Å². The first-order valence-electron chi connectivity index (χ1n) is 7.31. The number of aryl methyl sites for hydroxylation is 1. The molecule has 1 fully saturated rings. The van der Waals surface area contributed by atoms with E-state index < -0.39 is 11.2 Å². The van der Waals surface area contributed by atoms with Crippen molar-refractivity contribution in [2.45, 2.75) is 44.3 Å². The van der Waals surface area contributed by atoms with Gasteiger partial charge in [0.25, 0.3) is 0 Å². The average Bonchev–Trinajstić information content (AvgIpc) is 2.84. The number of aliphatic hydroxyl groups is 2. The summed E-state index contributed by atoms with van der Waals surface area (Å²) in [6.07, 6.45) is 2.71. The summed E-state index contributed by atoms with van der Waals surface area (Å²) >= 11 is 0. The number of rotatable bonds is 5. The lowest BCUT2D eigenvalue weighted by atomic mass is 9.80. The molecule has 2 rings (SSSR count). The molecule has 0 spiro atoms. The minimum Gasteiger partial charge on any atom is -0.463 e. The lowest BCUT2D eigenvalue weighted by Crippen LogP contribution is -2.52. The van der Waals surface area contributed by atoms with Crippen molar-refractivity contribution in [1.29, 1.82) is 0 Å². The third kappa shape index (κ3) is 3.98. The van der Waals surface area contributed by atoms with Crippen molar-refractivity contribution in [2.75, 3.05) is 20.1 Å². The van der Waals surface area contributed by atoms with Crippen LogP contribution in [-0.4, -0.2) is 41.9 Å². The summed E-state index contributed by atoms with van der Waals surface area (Å²) in [4.78, 5) is 4.09. The number of nitrogens with one attached hydrogen (secondary N) is 2. The van der Waals surface area contributed by atoms with Crippen molar-refractivity contribution < 1.29 is 14.6 Å². The predicted octanol–water partition coefficient (Wildman–Crippen LogP) is 0.876. The molecule has 1 unspecified atom stereocenters. The molecule has 1 atom stereocenters. The molecule has 6 nitrogen and oxygen atoms in total. The van der Waals surface area contributed by atoms with E-state index in [9.17, 15) is 10.2 Å². The van der Waals surface area contributed by atoms with Crippen LogP contribution < -0.4 is 10.6 Å². The number of hydrogen-bond donors (Lipinski definition) is 4. The molecule has 4 N–H and O–H groups in total. The van der Waals surface area contributed by atoms with E-state index >= 15 is 0 Å². The summed E-state index contributed by atoms with van der Waals surface area (Å²) in [5.41, 5.74) is -1.74. The van der Waals surface area contributed by atoms with Gasteiger partial charge in [-0.2, -0.15) is 0 Å². The van der Waals surface area contributed by atoms with Crippen molar-refractivity contribution in [3.63, 3.8) is 0 Å². The van der Waals surface area contributed by atoms with Gasteiger partial charge in [-0.1, -0.05) is 0 Å². The van der Waals surface area contributed by atoms with Crippen LogP contribution in [0.1, 0.15) is 37.7 Å². The Morgan fingerprint density at radius 2 is 2.14 bits per heavy atom. The van der Waals surface area contributed by atoms with Gasteiger partial charge in [-0.25, -0.2) is 0 Å². The summed E-state index contributed by atoms with van der Waals surface area (Å²) < 4.78 is 5.46. The maximum Gasteiger partial charge on any atom is 0.191 e. The van der Waals surface area contributed by atoms with Crippen LogP contribution in [0.25, 0.3) is 0 Å². The van der Waals surface area contributed by atoms with E-state index in [1.54, 1.807) is 20.0 Å². The fourth-order valence-electron chi connectivity index (χ4n) is 2.30. The lowest BCUT2D eigenvalue weighted by Gasteiger charge is -2.37. The minimum absolute atomic E-state index is 0.262. The van der Waals surface area contributed by atoms with E-state index in [2.05, 4.69) is 15.6 Å². The van der Waals surface area contributed by atoms with Crippen LogP contribution in [-0.2, 0) is 5.60 Å². The molecule has 1 aromatic rings. The molecular weight excluding hydrogens is 270 g/mol. The smallest absolute Gasteiger partial charge is 0.191 e. The van der Waals surface area contributed by atoms with Gasteiger partial charge in [0.1, 0.15) is 17.1 Å². The number of guanidine groups is 1. The van der Waals surface area contributed by atoms with Crippen LogP contribution in [0.15, 0.2) is 21.5 Å². The Kier molecular flexibility index (Phi) is 4.58. The van der Waals surface area contributed by atoms with Crippen molar-refractivity contribution in [3.05, 3.63) is 23.7 Å². The third-order valence-electron chi connectivity index (χ3n) is 3.96. The zero-order chi connectivity index (χ0) is 15.5. The van der Waals surface area contributed by atoms with Gasteiger partial charge < -0.3 is 25.3 Å². The first-order valence-corrected chi connectivity index (χ1v) is 7.31. The number of nitrogens with zero attached hydrogens (tertiary/aromatic N) is 1. The second kappa shape index (κ2) is 6.07. The quantitative estimate of drug-likeness (QED) is 0.478. The maximum absolute atomic E-state index is 10.4. The first-order chi connectivity index (χ1) is 9.85. The van der Waals surface area contributed by atoms with Gasteiger partial charge in [0.05, 0.1) is 12.1 Å². The standard InChI is InChI=1S/C15H25N3O3/c1-11-5-6-12(21-11)14(2,19)9-17-13(16-3)18-10-15(20)7-4-8-15/h5-6,19-20H,4,7-10H2,1-3H3,(H2,16,17,18). The molecule has 1 aliphatic rings. The van der Waals surface area contributed by atoms with E-state index in [0.29, 0.717) is 18.3 Å². The first kappa shape index (κ1) is 15.9. The Morgan fingerprint density at radius 1 is 1.43 bits per heavy atom. The highest BCUT2D eigenvalue weighted by atomic mass is 16.4. The summed E-state index contributed by atoms with van der Waals surface area (Å²) in [6.45, 7) is 4.25. The van der Waals surface area contributed by atoms with Crippen LogP contribution in [0.4, 0.5) is 0 Å². The monoisotopic (exact) mass is 295 g/mol. The number of hydrogen-bond acceptors (Lipinski definition) is 4. The van der Waals surface area contributed by atoms with Crippen molar-refractivity contribution in [1.82, 2.24) is 10.6 Å². The van der Waals surface area contributed by atoms with Gasteiger partial charge in [0.15, 0.2) is 5.96 Å². The summed E-state index contributed by atoms with van der Waals surface area (Å²) in [7, 11) is 1.66. The lowest BCUT2D eigenvalue weighted by molar-refractivity contribution is -0.0280.